The van der Waals surface area contributed by atoms with Gasteiger partial charge in [-0.1, -0.05) is 61.9 Å². The molecule has 2 unspecified atom stereocenters. The molecule has 0 saturated heterocycles. The zero-order chi connectivity index (χ0) is 23.8. The maximum atomic E-state index is 13.0. The summed E-state index contributed by atoms with van der Waals surface area (Å²) in [6.07, 6.45) is 3.90. The van der Waals surface area contributed by atoms with Crippen LogP contribution in [0, 0.1) is 5.92 Å². The molecule has 3 aromatic rings. The predicted molar refractivity (Wildman–Crippen MR) is 135 cm³/mol. The van der Waals surface area contributed by atoms with Gasteiger partial charge in [-0.2, -0.15) is 0 Å². The van der Waals surface area contributed by atoms with E-state index in [0.29, 0.717) is 10.1 Å². The van der Waals surface area contributed by atoms with Crippen molar-refractivity contribution in [3.63, 3.8) is 0 Å². The fourth-order valence-electron chi connectivity index (χ4n) is 3.12. The highest BCUT2D eigenvalue weighted by Gasteiger charge is 2.26. The molecule has 0 radical (unpaired) electrons. The van der Waals surface area contributed by atoms with Gasteiger partial charge < -0.3 is 10.2 Å². The topological polar surface area (TPSA) is 87.2 Å². The first-order valence-corrected chi connectivity index (χ1v) is 11.6. The summed E-state index contributed by atoms with van der Waals surface area (Å²) < 4.78 is 0. The summed E-state index contributed by atoms with van der Waals surface area (Å²) in [7, 11) is 3.97. The van der Waals surface area contributed by atoms with Crippen molar-refractivity contribution < 1.29 is 9.59 Å². The Morgan fingerprint density at radius 3 is 2.39 bits per heavy atom. The van der Waals surface area contributed by atoms with Gasteiger partial charge in [0.05, 0.1) is 0 Å². The lowest BCUT2D eigenvalue weighted by atomic mass is 9.98. The molecule has 8 heteroatoms. The van der Waals surface area contributed by atoms with Crippen LogP contribution in [0.3, 0.4) is 0 Å². The molecule has 0 aliphatic rings. The van der Waals surface area contributed by atoms with Crippen molar-refractivity contribution in [2.75, 3.05) is 24.3 Å². The van der Waals surface area contributed by atoms with E-state index in [9.17, 15) is 9.59 Å². The second-order valence-electron chi connectivity index (χ2n) is 7.96. The minimum absolute atomic E-state index is 0.0509. The van der Waals surface area contributed by atoms with Crippen molar-refractivity contribution >= 4 is 40.0 Å². The Bertz CT molecular complexity index is 1090. The van der Waals surface area contributed by atoms with E-state index >= 15 is 0 Å². The molecule has 2 N–H and O–H groups in total. The van der Waals surface area contributed by atoms with Crippen LogP contribution in [0.4, 0.5) is 10.8 Å². The Morgan fingerprint density at radius 1 is 1.06 bits per heavy atom. The number of carbonyl (C=O) groups is 2. The molecule has 1 aromatic heterocycles. The molecule has 0 saturated carbocycles. The van der Waals surface area contributed by atoms with Gasteiger partial charge in [-0.05, 0) is 41.8 Å². The fourth-order valence-corrected chi connectivity index (χ4v) is 3.87. The van der Waals surface area contributed by atoms with Crippen LogP contribution in [0.25, 0.3) is 16.6 Å². The molecule has 2 aromatic carbocycles. The molecular formula is C25H29N5O2S. The molecule has 0 spiro atoms. The van der Waals surface area contributed by atoms with Gasteiger partial charge in [0.2, 0.25) is 16.9 Å². The maximum absolute atomic E-state index is 13.0. The standard InChI is InChI=1S/C25H29N5O2S/c1-5-17(2)22(26-21(31)16-11-18-9-7-6-8-10-18)23(32)27-25-29-28-24(33-25)19-12-14-20(15-13-19)30(3)4/h6-17,22H,5H2,1-4H3,(H,26,31)(H,27,29,32)/b16-11+. The summed E-state index contributed by atoms with van der Waals surface area (Å²) in [5.41, 5.74) is 2.93. The molecule has 2 amide bonds. The molecule has 0 aliphatic carbocycles. The Morgan fingerprint density at radius 2 is 1.76 bits per heavy atom. The summed E-state index contributed by atoms with van der Waals surface area (Å²) in [5, 5.41) is 15.1. The summed E-state index contributed by atoms with van der Waals surface area (Å²) in [6.45, 7) is 3.92. The minimum atomic E-state index is -0.686. The number of rotatable bonds is 9. The quantitative estimate of drug-likeness (QED) is 0.458. The van der Waals surface area contributed by atoms with Crippen molar-refractivity contribution in [3.05, 3.63) is 66.2 Å². The molecular weight excluding hydrogens is 434 g/mol. The second-order valence-corrected chi connectivity index (χ2v) is 8.94. The van der Waals surface area contributed by atoms with Crippen LogP contribution in [0.15, 0.2) is 60.7 Å². The average molecular weight is 464 g/mol. The number of benzene rings is 2. The summed E-state index contributed by atoms with van der Waals surface area (Å²) in [6, 6.07) is 16.8. The van der Waals surface area contributed by atoms with E-state index in [0.717, 1.165) is 23.2 Å². The van der Waals surface area contributed by atoms with Crippen LogP contribution >= 0.6 is 11.3 Å². The molecule has 3 rings (SSSR count). The first kappa shape index (κ1) is 24.1. The number of amides is 2. The van der Waals surface area contributed by atoms with Gasteiger partial charge in [-0.3, -0.25) is 14.9 Å². The molecule has 7 nitrogen and oxygen atoms in total. The fraction of sp³-hybridized carbons (Fsp3) is 0.280. The number of hydrogen-bond donors (Lipinski definition) is 2. The number of nitrogens with one attached hydrogen (secondary N) is 2. The Hall–Kier alpha value is -3.52. The van der Waals surface area contributed by atoms with Crippen molar-refractivity contribution in [1.29, 1.82) is 0 Å². The lowest BCUT2D eigenvalue weighted by Crippen LogP contribution is -2.47. The third-order valence-electron chi connectivity index (χ3n) is 5.31. The van der Waals surface area contributed by atoms with Crippen molar-refractivity contribution in [3.8, 4) is 10.6 Å². The van der Waals surface area contributed by atoms with Crippen LogP contribution in [-0.4, -0.2) is 42.1 Å². The van der Waals surface area contributed by atoms with Crippen LogP contribution in [-0.2, 0) is 9.59 Å². The summed E-state index contributed by atoms with van der Waals surface area (Å²) in [4.78, 5) is 27.5. The zero-order valence-corrected chi connectivity index (χ0v) is 20.1. The highest BCUT2D eigenvalue weighted by Crippen LogP contribution is 2.28. The first-order valence-electron chi connectivity index (χ1n) is 10.8. The monoisotopic (exact) mass is 463 g/mol. The summed E-state index contributed by atoms with van der Waals surface area (Å²) >= 11 is 1.30. The van der Waals surface area contributed by atoms with Crippen molar-refractivity contribution in [2.45, 2.75) is 26.3 Å². The second kappa shape index (κ2) is 11.4. The number of nitrogens with zero attached hydrogens (tertiary/aromatic N) is 3. The molecule has 0 bridgehead atoms. The Kier molecular flexibility index (Phi) is 8.32. The van der Waals surface area contributed by atoms with Gasteiger partial charge in [-0.25, -0.2) is 0 Å². The molecule has 0 aliphatic heterocycles. The number of hydrogen-bond acceptors (Lipinski definition) is 6. The van der Waals surface area contributed by atoms with E-state index < -0.39 is 6.04 Å². The Balaban J connectivity index is 1.66. The third kappa shape index (κ3) is 6.73. The maximum Gasteiger partial charge on any atom is 0.249 e. The van der Waals surface area contributed by atoms with Gasteiger partial charge in [0.25, 0.3) is 0 Å². The van der Waals surface area contributed by atoms with Gasteiger partial charge in [0, 0.05) is 31.4 Å². The zero-order valence-electron chi connectivity index (χ0n) is 19.3. The number of anilines is 2. The van der Waals surface area contributed by atoms with E-state index in [4.69, 9.17) is 0 Å². The molecule has 33 heavy (non-hydrogen) atoms. The van der Waals surface area contributed by atoms with E-state index in [1.54, 1.807) is 6.08 Å². The molecule has 2 atom stereocenters. The van der Waals surface area contributed by atoms with Crippen LogP contribution < -0.4 is 15.5 Å². The first-order chi connectivity index (χ1) is 15.9. The van der Waals surface area contributed by atoms with Gasteiger partial charge >= 0.3 is 0 Å². The number of aromatic nitrogens is 2. The third-order valence-corrected chi connectivity index (χ3v) is 6.19. The molecule has 0 fully saturated rings. The Labute approximate surface area is 198 Å². The average Bonchev–Trinajstić information content (AvgIpc) is 3.29. The van der Waals surface area contributed by atoms with E-state index in [-0.39, 0.29) is 17.7 Å². The molecule has 172 valence electrons. The van der Waals surface area contributed by atoms with Crippen LogP contribution in [0.2, 0.25) is 0 Å². The van der Waals surface area contributed by atoms with Crippen LogP contribution in [0.5, 0.6) is 0 Å². The SMILES string of the molecule is CCC(C)C(NC(=O)/C=C/c1ccccc1)C(=O)Nc1nnc(-c2ccc(N(C)C)cc2)s1. The summed E-state index contributed by atoms with van der Waals surface area (Å²) in [5.74, 6) is -0.681. The smallest absolute Gasteiger partial charge is 0.249 e. The lowest BCUT2D eigenvalue weighted by molar-refractivity contribution is -0.125. The van der Waals surface area contributed by atoms with E-state index in [1.165, 1.54) is 17.4 Å². The van der Waals surface area contributed by atoms with Crippen molar-refractivity contribution in [1.82, 2.24) is 15.5 Å². The molecule has 1 heterocycles. The van der Waals surface area contributed by atoms with Gasteiger partial charge in [-0.15, -0.1) is 10.2 Å². The van der Waals surface area contributed by atoms with Crippen LogP contribution in [0.1, 0.15) is 25.8 Å². The van der Waals surface area contributed by atoms with Crippen molar-refractivity contribution in [2.24, 2.45) is 5.92 Å². The highest BCUT2D eigenvalue weighted by molar-refractivity contribution is 7.18. The lowest BCUT2D eigenvalue weighted by Gasteiger charge is -2.22. The predicted octanol–water partition coefficient (Wildman–Crippen LogP) is 4.45. The largest absolute Gasteiger partial charge is 0.378 e. The van der Waals surface area contributed by atoms with Gasteiger partial charge in [0.1, 0.15) is 11.0 Å². The minimum Gasteiger partial charge on any atom is -0.378 e. The highest BCUT2D eigenvalue weighted by atomic mass is 32.1. The van der Waals surface area contributed by atoms with E-state index in [2.05, 4.69) is 20.8 Å². The number of carbonyl (C=O) groups excluding carboxylic acids is 2. The van der Waals surface area contributed by atoms with E-state index in [1.807, 2.05) is 87.4 Å². The normalized spacial score (nSPS) is 12.8. The van der Waals surface area contributed by atoms with Gasteiger partial charge in [0.15, 0.2) is 0 Å².